The van der Waals surface area contributed by atoms with Gasteiger partial charge in [0.05, 0.1) is 19.8 Å². The van der Waals surface area contributed by atoms with Crippen molar-refractivity contribution in [2.45, 2.75) is 99.9 Å². The summed E-state index contributed by atoms with van der Waals surface area (Å²) in [5.74, 6) is -2.31. The predicted octanol–water partition coefficient (Wildman–Crippen LogP) is -5.09. The summed E-state index contributed by atoms with van der Waals surface area (Å²) in [6.07, 6.45) is -15.4. The molecule has 240 valence electrons. The predicted molar refractivity (Wildman–Crippen MR) is 131 cm³/mol. The normalized spacial score (nSPS) is 35.4. The average molecular weight is 611 g/mol. The second-order valence-corrected chi connectivity index (χ2v) is 9.98. The molecule has 18 heteroatoms. The lowest BCUT2D eigenvalue weighted by Crippen LogP contribution is -2.64. The van der Waals surface area contributed by atoms with Crippen LogP contribution in [0.25, 0.3) is 0 Å². The van der Waals surface area contributed by atoms with E-state index in [1.807, 2.05) is 0 Å². The molecule has 3 aliphatic heterocycles. The van der Waals surface area contributed by atoms with E-state index in [1.54, 1.807) is 0 Å². The van der Waals surface area contributed by atoms with Crippen LogP contribution in [0.15, 0.2) is 0 Å². The van der Waals surface area contributed by atoms with Crippen molar-refractivity contribution in [2.75, 3.05) is 26.4 Å². The zero-order chi connectivity index (χ0) is 31.0. The highest BCUT2D eigenvalue weighted by Gasteiger charge is 2.50. The molecule has 3 rings (SSSR count). The fourth-order valence-electron chi connectivity index (χ4n) is 4.50. The molecule has 0 saturated carbocycles. The molecule has 0 aliphatic carbocycles. The number of hydrogen-bond acceptors (Lipinski definition) is 16. The Labute approximate surface area is 239 Å². The summed E-state index contributed by atoms with van der Waals surface area (Å²) in [4.78, 5) is 51.5. The van der Waals surface area contributed by atoms with Crippen molar-refractivity contribution < 1.29 is 78.7 Å². The van der Waals surface area contributed by atoms with Gasteiger partial charge in [-0.15, -0.1) is 5.06 Å². The summed E-state index contributed by atoms with van der Waals surface area (Å²) in [6.45, 7) is -1.65. The van der Waals surface area contributed by atoms with E-state index in [4.69, 9.17) is 23.8 Å². The van der Waals surface area contributed by atoms with Gasteiger partial charge in [0.1, 0.15) is 48.8 Å². The quantitative estimate of drug-likeness (QED) is 0.0675. The number of amides is 3. The number of unbranched alkanes of at least 4 members (excludes halogenated alkanes) is 1. The number of imide groups is 1. The first-order chi connectivity index (χ1) is 20.0. The Morgan fingerprint density at radius 3 is 2.05 bits per heavy atom. The molecule has 0 unspecified atom stereocenters. The molecule has 0 radical (unpaired) electrons. The van der Waals surface area contributed by atoms with E-state index in [0.29, 0.717) is 11.5 Å². The Morgan fingerprint density at radius 2 is 1.40 bits per heavy atom. The van der Waals surface area contributed by atoms with Crippen molar-refractivity contribution in [3.8, 4) is 0 Å². The van der Waals surface area contributed by atoms with E-state index in [1.165, 1.54) is 0 Å². The van der Waals surface area contributed by atoms with Crippen LogP contribution in [-0.2, 0) is 43.0 Å². The maximum Gasteiger partial charge on any atom is 0.333 e. The summed E-state index contributed by atoms with van der Waals surface area (Å²) in [5.41, 5.74) is 0. The first-order valence-electron chi connectivity index (χ1n) is 13.5. The number of ether oxygens (including phenoxy) is 4. The fourth-order valence-corrected chi connectivity index (χ4v) is 4.50. The van der Waals surface area contributed by atoms with Crippen LogP contribution in [0.3, 0.4) is 0 Å². The highest BCUT2D eigenvalue weighted by Crippen LogP contribution is 2.29. The molecule has 0 aromatic carbocycles. The van der Waals surface area contributed by atoms with Gasteiger partial charge < -0.3 is 64.8 Å². The largest absolute Gasteiger partial charge is 0.394 e. The minimum atomic E-state index is -1.81. The molecule has 3 heterocycles. The second-order valence-electron chi connectivity index (χ2n) is 9.98. The molecule has 18 nitrogen and oxygen atoms in total. The van der Waals surface area contributed by atoms with Gasteiger partial charge in [-0.1, -0.05) is 0 Å². The number of aliphatic hydroxyl groups is 7. The van der Waals surface area contributed by atoms with Gasteiger partial charge in [-0.25, -0.2) is 4.79 Å². The van der Waals surface area contributed by atoms with Gasteiger partial charge in [-0.05, 0) is 12.8 Å². The number of carbonyl (C=O) groups is 4. The molecule has 0 bridgehead atoms. The van der Waals surface area contributed by atoms with Gasteiger partial charge in [0.15, 0.2) is 12.6 Å². The molecule has 0 aromatic heterocycles. The van der Waals surface area contributed by atoms with Gasteiger partial charge in [0, 0.05) is 32.2 Å². The maximum atomic E-state index is 12.1. The lowest BCUT2D eigenvalue weighted by molar-refractivity contribution is -0.360. The SMILES string of the molecule is O=C(CCCCC(=O)ON1C(=O)CCC1=O)NCCO[C@@H]1O[C@H](CO)[C@@H](O)[C@H](O[C@@H]2O[C@H](CO)[C@@H](O)[C@H](O)[C@@H]2O)[C@@H]1O. The third-order valence-electron chi connectivity index (χ3n) is 6.90. The second kappa shape index (κ2) is 15.9. The molecular weight excluding hydrogens is 572 g/mol. The van der Waals surface area contributed by atoms with Crippen LogP contribution in [-0.4, -0.2) is 152 Å². The Morgan fingerprint density at radius 1 is 0.810 bits per heavy atom. The first kappa shape index (κ1) is 34.1. The molecule has 3 fully saturated rings. The molecule has 10 atom stereocenters. The summed E-state index contributed by atoms with van der Waals surface area (Å²) in [7, 11) is 0. The van der Waals surface area contributed by atoms with Crippen molar-refractivity contribution in [2.24, 2.45) is 0 Å². The summed E-state index contributed by atoms with van der Waals surface area (Å²) in [5, 5.41) is 73.3. The van der Waals surface area contributed by atoms with Crippen LogP contribution >= 0.6 is 0 Å². The number of hydroxylamine groups is 2. The molecule has 3 saturated heterocycles. The summed E-state index contributed by atoms with van der Waals surface area (Å²) < 4.78 is 21.5. The van der Waals surface area contributed by atoms with Gasteiger partial charge in [-0.2, -0.15) is 0 Å². The van der Waals surface area contributed by atoms with Gasteiger partial charge in [0.2, 0.25) is 5.91 Å². The molecule has 0 spiro atoms. The minimum Gasteiger partial charge on any atom is -0.394 e. The van der Waals surface area contributed by atoms with E-state index < -0.39 is 92.4 Å². The maximum absolute atomic E-state index is 12.1. The number of carbonyl (C=O) groups excluding carboxylic acids is 4. The smallest absolute Gasteiger partial charge is 0.333 e. The average Bonchev–Trinajstić information content (AvgIpc) is 3.28. The van der Waals surface area contributed by atoms with Crippen molar-refractivity contribution in [3.63, 3.8) is 0 Å². The van der Waals surface area contributed by atoms with Crippen LogP contribution in [0.1, 0.15) is 38.5 Å². The standard InChI is InChI=1S/C24H38N2O16/c27-9-11-17(33)19(35)20(36)24(40-11)41-22-18(34)12(10-28)39-23(21(22)37)38-8-7-25-13(29)3-1-2-4-16(32)42-26-14(30)5-6-15(26)31/h11-12,17-24,27-28,33-37H,1-10H2,(H,25,29)/t11-,12-,17-,18-,19+,20+,21+,22+,23-,24+/m1/s1. The molecule has 42 heavy (non-hydrogen) atoms. The number of nitrogens with one attached hydrogen (secondary N) is 1. The van der Waals surface area contributed by atoms with E-state index in [0.717, 1.165) is 0 Å². The van der Waals surface area contributed by atoms with Gasteiger partial charge >= 0.3 is 5.97 Å². The first-order valence-corrected chi connectivity index (χ1v) is 13.5. The lowest BCUT2D eigenvalue weighted by atomic mass is 9.97. The fraction of sp³-hybridized carbons (Fsp3) is 0.833. The molecule has 8 N–H and O–H groups in total. The van der Waals surface area contributed by atoms with Crippen LogP contribution < -0.4 is 5.32 Å². The lowest BCUT2D eigenvalue weighted by Gasteiger charge is -2.45. The van der Waals surface area contributed by atoms with Crippen molar-refractivity contribution in [3.05, 3.63) is 0 Å². The highest BCUT2D eigenvalue weighted by atomic mass is 16.7. The van der Waals surface area contributed by atoms with Crippen LogP contribution in [0.5, 0.6) is 0 Å². The zero-order valence-corrected chi connectivity index (χ0v) is 22.6. The third-order valence-corrected chi connectivity index (χ3v) is 6.90. The number of rotatable bonds is 14. The minimum absolute atomic E-state index is 0.0116. The third kappa shape index (κ3) is 8.60. The molecule has 3 amide bonds. The Balaban J connectivity index is 1.39. The van der Waals surface area contributed by atoms with E-state index >= 15 is 0 Å². The number of nitrogens with zero attached hydrogens (tertiary/aromatic N) is 1. The van der Waals surface area contributed by atoms with Crippen molar-refractivity contribution in [1.82, 2.24) is 10.4 Å². The Bertz CT molecular complexity index is 920. The number of aliphatic hydroxyl groups excluding tert-OH is 7. The topological polar surface area (TPSA) is 271 Å². The monoisotopic (exact) mass is 610 g/mol. The zero-order valence-electron chi connectivity index (χ0n) is 22.6. The van der Waals surface area contributed by atoms with E-state index in [2.05, 4.69) is 5.32 Å². The van der Waals surface area contributed by atoms with Crippen LogP contribution in [0.4, 0.5) is 0 Å². The van der Waals surface area contributed by atoms with Crippen LogP contribution in [0.2, 0.25) is 0 Å². The molecular formula is C24H38N2O16. The van der Waals surface area contributed by atoms with E-state index in [9.17, 15) is 54.9 Å². The van der Waals surface area contributed by atoms with Crippen molar-refractivity contribution in [1.29, 1.82) is 0 Å². The molecule has 0 aromatic rings. The van der Waals surface area contributed by atoms with Gasteiger partial charge in [-0.3, -0.25) is 14.4 Å². The van der Waals surface area contributed by atoms with Crippen molar-refractivity contribution >= 4 is 23.7 Å². The van der Waals surface area contributed by atoms with Gasteiger partial charge in [0.25, 0.3) is 11.8 Å². The Hall–Kier alpha value is -2.36. The van der Waals surface area contributed by atoms with E-state index in [-0.39, 0.29) is 51.2 Å². The van der Waals surface area contributed by atoms with Crippen LogP contribution in [0, 0.1) is 0 Å². The molecule has 3 aliphatic rings. The summed E-state index contributed by atoms with van der Waals surface area (Å²) in [6, 6.07) is 0. The summed E-state index contributed by atoms with van der Waals surface area (Å²) >= 11 is 0. The number of hydrogen-bond donors (Lipinski definition) is 8. The Kier molecular flexibility index (Phi) is 12.9. The highest BCUT2D eigenvalue weighted by molar-refractivity contribution is 6.01.